The van der Waals surface area contributed by atoms with Crippen molar-refractivity contribution in [1.29, 1.82) is 0 Å². The zero-order chi connectivity index (χ0) is 19.4. The van der Waals surface area contributed by atoms with Crippen molar-refractivity contribution >= 4 is 47.2 Å². The summed E-state index contributed by atoms with van der Waals surface area (Å²) >= 11 is 12.0. The average Bonchev–Trinajstić information content (AvgIpc) is 3.00. The van der Waals surface area contributed by atoms with E-state index >= 15 is 0 Å². The Hall–Kier alpha value is -2.76. The minimum Gasteiger partial charge on any atom is -0.497 e. The van der Waals surface area contributed by atoms with Crippen LogP contribution in [0.3, 0.4) is 0 Å². The van der Waals surface area contributed by atoms with Gasteiger partial charge in [-0.05, 0) is 42.0 Å². The Labute approximate surface area is 166 Å². The largest absolute Gasteiger partial charge is 0.497 e. The number of halogens is 2. The van der Waals surface area contributed by atoms with Gasteiger partial charge in [0.1, 0.15) is 11.5 Å². The van der Waals surface area contributed by atoms with Crippen LogP contribution in [0.4, 0.5) is 0 Å². The number of aliphatic imine (C=N–C) groups is 1. The van der Waals surface area contributed by atoms with Gasteiger partial charge in [0.2, 0.25) is 5.90 Å². The van der Waals surface area contributed by atoms with Crippen LogP contribution in [0.25, 0.3) is 12.2 Å². The third kappa shape index (κ3) is 4.51. The summed E-state index contributed by atoms with van der Waals surface area (Å²) in [5.41, 5.74) is 1.58. The summed E-state index contributed by atoms with van der Waals surface area (Å²) in [7, 11) is 3.11. The van der Waals surface area contributed by atoms with Crippen molar-refractivity contribution in [3.8, 4) is 11.5 Å². The van der Waals surface area contributed by atoms with Gasteiger partial charge in [0.05, 0.1) is 14.2 Å². The molecule has 0 fully saturated rings. The van der Waals surface area contributed by atoms with Crippen LogP contribution in [0, 0.1) is 0 Å². The average molecular weight is 404 g/mol. The number of methoxy groups -OCH3 is 2. The number of cyclic esters (lactones) is 1. The van der Waals surface area contributed by atoms with Crippen LogP contribution in [0.15, 0.2) is 53.2 Å². The summed E-state index contributed by atoms with van der Waals surface area (Å²) in [6.07, 6.45) is 4.86. The first-order chi connectivity index (χ1) is 13.0. The molecule has 138 valence electrons. The second-order valence-electron chi connectivity index (χ2n) is 5.48. The standard InChI is InChI=1S/C20H15Cl2NO4/c1-25-15-7-4-13(18(11-15)26-2)9-17-20(24)27-19(23-17)8-5-12-3-6-14(21)10-16(12)22/h3-11H,1-2H3/b8-5+,17-9-. The second-order valence-corrected chi connectivity index (χ2v) is 6.32. The molecular weight excluding hydrogens is 389 g/mol. The molecule has 7 heteroatoms. The van der Waals surface area contributed by atoms with Crippen molar-refractivity contribution in [2.45, 2.75) is 0 Å². The number of esters is 1. The highest BCUT2D eigenvalue weighted by Crippen LogP contribution is 2.28. The predicted octanol–water partition coefficient (Wildman–Crippen LogP) is 5.02. The number of rotatable bonds is 5. The summed E-state index contributed by atoms with van der Waals surface area (Å²) in [6.45, 7) is 0. The van der Waals surface area contributed by atoms with Crippen LogP contribution in [0.5, 0.6) is 11.5 Å². The predicted molar refractivity (Wildman–Crippen MR) is 107 cm³/mol. The van der Waals surface area contributed by atoms with E-state index < -0.39 is 5.97 Å². The molecule has 3 rings (SSSR count). The smallest absolute Gasteiger partial charge is 0.363 e. The highest BCUT2D eigenvalue weighted by atomic mass is 35.5. The molecule has 0 bridgehead atoms. The fraction of sp³-hybridized carbons (Fsp3) is 0.100. The van der Waals surface area contributed by atoms with Crippen molar-refractivity contribution < 1.29 is 19.0 Å². The molecule has 1 aliphatic rings. The van der Waals surface area contributed by atoms with Crippen molar-refractivity contribution in [1.82, 2.24) is 0 Å². The molecule has 5 nitrogen and oxygen atoms in total. The monoisotopic (exact) mass is 403 g/mol. The van der Waals surface area contributed by atoms with E-state index in [0.717, 1.165) is 5.56 Å². The van der Waals surface area contributed by atoms with Crippen LogP contribution in [-0.2, 0) is 9.53 Å². The van der Waals surface area contributed by atoms with Crippen molar-refractivity contribution in [3.05, 3.63) is 69.3 Å². The lowest BCUT2D eigenvalue weighted by molar-refractivity contribution is -0.129. The second kappa shape index (κ2) is 8.29. The maximum Gasteiger partial charge on any atom is 0.363 e. The third-order valence-corrected chi connectivity index (χ3v) is 4.30. The Morgan fingerprint density at radius 2 is 1.78 bits per heavy atom. The van der Waals surface area contributed by atoms with Crippen LogP contribution in [-0.4, -0.2) is 26.1 Å². The first kappa shape index (κ1) is 19.0. The number of nitrogens with zero attached hydrogens (tertiary/aromatic N) is 1. The SMILES string of the molecule is COc1ccc(/C=C2N=C(/C=C/c3ccc(Cl)cc3Cl)OC\2=O)c(OC)c1. The summed E-state index contributed by atoms with van der Waals surface area (Å²) in [5, 5.41) is 1.03. The molecule has 0 amide bonds. The zero-order valence-corrected chi connectivity index (χ0v) is 16.0. The minimum absolute atomic E-state index is 0.167. The summed E-state index contributed by atoms with van der Waals surface area (Å²) in [5.74, 6) is 0.830. The lowest BCUT2D eigenvalue weighted by Gasteiger charge is -2.07. The van der Waals surface area contributed by atoms with Gasteiger partial charge in [-0.2, -0.15) is 0 Å². The number of carbonyl (C=O) groups excluding carboxylic acids is 1. The van der Waals surface area contributed by atoms with Gasteiger partial charge in [-0.15, -0.1) is 0 Å². The molecule has 0 aliphatic carbocycles. The van der Waals surface area contributed by atoms with E-state index in [-0.39, 0.29) is 11.6 Å². The van der Waals surface area contributed by atoms with E-state index in [2.05, 4.69) is 4.99 Å². The summed E-state index contributed by atoms with van der Waals surface area (Å²) < 4.78 is 15.7. The van der Waals surface area contributed by atoms with Crippen molar-refractivity contribution in [2.75, 3.05) is 14.2 Å². The zero-order valence-electron chi connectivity index (χ0n) is 14.5. The van der Waals surface area contributed by atoms with Crippen molar-refractivity contribution in [3.63, 3.8) is 0 Å². The molecule has 2 aromatic carbocycles. The Morgan fingerprint density at radius 3 is 2.48 bits per heavy atom. The van der Waals surface area contributed by atoms with E-state index in [4.69, 9.17) is 37.4 Å². The normalized spacial score (nSPS) is 15.2. The third-order valence-electron chi connectivity index (χ3n) is 3.74. The van der Waals surface area contributed by atoms with Gasteiger partial charge < -0.3 is 14.2 Å². The van der Waals surface area contributed by atoms with Gasteiger partial charge in [-0.1, -0.05) is 29.3 Å². The Kier molecular flexibility index (Phi) is 5.84. The van der Waals surface area contributed by atoms with Gasteiger partial charge in [0, 0.05) is 27.8 Å². The first-order valence-electron chi connectivity index (χ1n) is 7.88. The quantitative estimate of drug-likeness (QED) is 0.519. The lowest BCUT2D eigenvalue weighted by atomic mass is 10.1. The molecule has 1 aliphatic heterocycles. The molecule has 0 saturated carbocycles. The number of hydrogen-bond acceptors (Lipinski definition) is 5. The maximum atomic E-state index is 12.1. The fourth-order valence-electron chi connectivity index (χ4n) is 2.38. The van der Waals surface area contributed by atoms with Gasteiger partial charge in [0.15, 0.2) is 5.70 Å². The van der Waals surface area contributed by atoms with E-state index in [1.807, 2.05) is 0 Å². The fourth-order valence-corrected chi connectivity index (χ4v) is 2.85. The molecule has 0 saturated heterocycles. The maximum absolute atomic E-state index is 12.1. The van der Waals surface area contributed by atoms with Gasteiger partial charge in [-0.3, -0.25) is 0 Å². The molecule has 27 heavy (non-hydrogen) atoms. The first-order valence-corrected chi connectivity index (χ1v) is 8.63. The number of carbonyl (C=O) groups is 1. The number of ether oxygens (including phenoxy) is 3. The van der Waals surface area contributed by atoms with Crippen LogP contribution >= 0.6 is 23.2 Å². The Balaban J connectivity index is 1.86. The topological polar surface area (TPSA) is 57.1 Å². The summed E-state index contributed by atoms with van der Waals surface area (Å²) in [6, 6.07) is 10.4. The highest BCUT2D eigenvalue weighted by Gasteiger charge is 2.22. The highest BCUT2D eigenvalue weighted by molar-refractivity contribution is 6.35. The van der Waals surface area contributed by atoms with E-state index in [1.54, 1.807) is 61.7 Å². The number of benzene rings is 2. The molecule has 0 radical (unpaired) electrons. The molecule has 0 atom stereocenters. The molecule has 0 N–H and O–H groups in total. The summed E-state index contributed by atoms with van der Waals surface area (Å²) in [4.78, 5) is 16.3. The van der Waals surface area contributed by atoms with Crippen LogP contribution < -0.4 is 9.47 Å². The lowest BCUT2D eigenvalue weighted by Crippen LogP contribution is -2.01. The number of hydrogen-bond donors (Lipinski definition) is 0. The molecule has 2 aromatic rings. The van der Waals surface area contributed by atoms with Crippen LogP contribution in [0.2, 0.25) is 10.0 Å². The Morgan fingerprint density at radius 1 is 1.00 bits per heavy atom. The molecule has 1 heterocycles. The van der Waals surface area contributed by atoms with E-state index in [1.165, 1.54) is 7.11 Å². The Bertz CT molecular complexity index is 980. The minimum atomic E-state index is -0.547. The van der Waals surface area contributed by atoms with Crippen molar-refractivity contribution in [2.24, 2.45) is 4.99 Å². The molecule has 0 aromatic heterocycles. The molecule has 0 spiro atoms. The molecular formula is C20H15Cl2NO4. The van der Waals surface area contributed by atoms with E-state index in [9.17, 15) is 4.79 Å². The van der Waals surface area contributed by atoms with Gasteiger partial charge in [-0.25, -0.2) is 9.79 Å². The van der Waals surface area contributed by atoms with Crippen LogP contribution in [0.1, 0.15) is 11.1 Å². The van der Waals surface area contributed by atoms with Gasteiger partial charge in [0.25, 0.3) is 0 Å². The van der Waals surface area contributed by atoms with E-state index in [0.29, 0.717) is 27.1 Å². The van der Waals surface area contributed by atoms with Gasteiger partial charge >= 0.3 is 5.97 Å². The molecule has 0 unspecified atom stereocenters.